The molecule has 0 aromatic heterocycles. The Morgan fingerprint density at radius 3 is 0.860 bits per heavy atom. The Balaban J connectivity index is 0.000000350. The number of ether oxygens (including phenoxy) is 6. The molecule has 114 heavy (non-hydrogen) atoms. The van der Waals surface area contributed by atoms with Gasteiger partial charge >= 0.3 is 0 Å². The Labute approximate surface area is 730 Å². The lowest BCUT2D eigenvalue weighted by Crippen LogP contribution is -2.34. The summed E-state index contributed by atoms with van der Waals surface area (Å²) >= 11 is 38.2. The second-order valence-electron chi connectivity index (χ2n) is 21.8. The normalized spacial score (nSPS) is 10.1. The summed E-state index contributed by atoms with van der Waals surface area (Å²) in [5.41, 5.74) is 36.3. The molecule has 37 heteroatoms. The number of ketones is 2. The molecule has 0 unspecified atom stereocenters. The molecule has 0 fully saturated rings. The number of benzene rings is 10. The molecule has 602 valence electrons. The maximum atomic E-state index is 12.4. The molecule has 0 saturated heterocycles. The van der Waals surface area contributed by atoms with Crippen molar-refractivity contribution in [2.45, 2.75) is 0 Å². The molecule has 10 rings (SSSR count). The van der Waals surface area contributed by atoms with Crippen LogP contribution in [0, 0.1) is 0 Å². The molecule has 0 spiro atoms. The van der Waals surface area contributed by atoms with E-state index in [9.17, 15) is 34.8 Å². The lowest BCUT2D eigenvalue weighted by molar-refractivity contribution is -0.0757. The van der Waals surface area contributed by atoms with Crippen molar-refractivity contribution in [2.75, 3.05) is 56.8 Å². The maximum Gasteiger partial charge on any atom is 0.277 e. The highest BCUT2D eigenvalue weighted by molar-refractivity contribution is 9.11. The topological polar surface area (TPSA) is 429 Å². The first kappa shape index (κ1) is 98.1. The fourth-order valence-electron chi connectivity index (χ4n) is 8.68. The van der Waals surface area contributed by atoms with Crippen molar-refractivity contribution in [3.8, 4) is 57.5 Å². The molecule has 27 nitrogen and oxygen atoms in total. The number of hydrazine groups is 2. The van der Waals surface area contributed by atoms with Crippen LogP contribution in [0.25, 0.3) is 0 Å². The average Bonchev–Trinajstić information content (AvgIpc) is 0.838. The van der Waals surface area contributed by atoms with Gasteiger partial charge < -0.3 is 82.6 Å². The van der Waals surface area contributed by atoms with Gasteiger partial charge in [0.05, 0.1) is 61.2 Å². The van der Waals surface area contributed by atoms with Crippen LogP contribution in [-0.2, 0) is 4.84 Å². The zero-order valence-corrected chi connectivity index (χ0v) is 74.6. The van der Waals surface area contributed by atoms with E-state index in [4.69, 9.17) is 80.6 Å². The number of amides is 1. The number of phenolic OH excluding ortho intramolecular Hbond substituents is 4. The van der Waals surface area contributed by atoms with Gasteiger partial charge in [0.2, 0.25) is 0 Å². The molecule has 0 saturated carbocycles. The van der Waals surface area contributed by atoms with Crippen LogP contribution in [0.5, 0.6) is 57.5 Å². The van der Waals surface area contributed by atoms with Crippen molar-refractivity contribution < 1.29 is 68.1 Å². The largest absolute Gasteiger partial charge is 0.508 e. The monoisotopic (exact) mass is 2010 g/mol. The fourth-order valence-corrected chi connectivity index (χ4v) is 11.2. The smallest absolute Gasteiger partial charge is 0.277 e. The number of nitrogens with two attached hydrogens (primary N) is 6. The van der Waals surface area contributed by atoms with E-state index >= 15 is 0 Å². The minimum absolute atomic E-state index is 0.0203. The first-order chi connectivity index (χ1) is 54.1. The lowest BCUT2D eigenvalue weighted by Gasteiger charge is -2.13. The molecule has 0 atom stereocenters. The van der Waals surface area contributed by atoms with E-state index in [1.165, 1.54) is 48.6 Å². The second-order valence-corrected chi connectivity index (χ2v) is 29.0. The number of halogens is 6. The van der Waals surface area contributed by atoms with Crippen molar-refractivity contribution in [2.24, 2.45) is 44.8 Å². The number of thiocarbonyl (C=S) groups is 4. The molecule has 0 aliphatic heterocycles. The fraction of sp³-hybridized carbons (Fsp3) is 0.104. The number of carbonyl (C=O) groups is 3. The maximum absolute atomic E-state index is 12.4. The number of nitrogens with one attached hydrogen (secondary N) is 4. The van der Waals surface area contributed by atoms with Gasteiger partial charge in [-0.2, -0.15) is 10.2 Å². The summed E-state index contributed by atoms with van der Waals surface area (Å²) in [5, 5.41) is 47.9. The SMILES string of the molecule is CON(C)C(=O)c1cccc(Br)c1.COc1cc(Br)cc(OC)c1.COc1cc(OC)cc(C(=NNC(N)=S)c2cccc(Br)c2)c1.COc1cc(OC)cc(C(=O)c2cccc(Br)c2)c1.NC(=S)NN=C(c1cc(O)cc(O)c1)c1cccc(Br)c1.NNC(N)=S.NNC(N)=S.O=C(c1cc(O)cc(O)c1)c1cccc(Br)c1. The zero-order valence-electron chi connectivity index (χ0n) is 61.8. The van der Waals surface area contributed by atoms with Gasteiger partial charge in [-0.15, -0.1) is 0 Å². The van der Waals surface area contributed by atoms with Crippen molar-refractivity contribution in [1.29, 1.82) is 0 Å². The number of hydrogen-bond donors (Lipinski definition) is 14. The predicted molar refractivity (Wildman–Crippen MR) is 482 cm³/mol. The van der Waals surface area contributed by atoms with Crippen LogP contribution in [0.1, 0.15) is 64.5 Å². The third-order valence-electron chi connectivity index (χ3n) is 13.7. The number of hydrazone groups is 2. The number of hydroxylamine groups is 2. The van der Waals surface area contributed by atoms with E-state index in [-0.39, 0.29) is 66.5 Å². The quantitative estimate of drug-likeness (QED) is 0.0125. The van der Waals surface area contributed by atoms with Crippen LogP contribution >= 0.6 is 144 Å². The summed E-state index contributed by atoms with van der Waals surface area (Å²) in [4.78, 5) is 40.7. The number of hydrogen-bond acceptors (Lipinski definition) is 22. The Kier molecular flexibility index (Phi) is 45.0. The zero-order chi connectivity index (χ0) is 85.1. The molecular formula is C77H79Br6N13O14S4. The molecule has 0 radical (unpaired) electrons. The van der Waals surface area contributed by atoms with Crippen LogP contribution in [0.2, 0.25) is 0 Å². The third kappa shape index (κ3) is 36.8. The first-order valence-electron chi connectivity index (χ1n) is 32.0. The Bertz CT molecular complexity index is 4860. The molecule has 0 heterocycles. The van der Waals surface area contributed by atoms with E-state index in [0.717, 1.165) is 55.0 Å². The summed E-state index contributed by atoms with van der Waals surface area (Å²) in [6, 6.07) is 60.8. The Morgan fingerprint density at radius 1 is 0.333 bits per heavy atom. The van der Waals surface area contributed by atoms with Crippen molar-refractivity contribution in [3.63, 3.8) is 0 Å². The molecule has 1 amide bonds. The lowest BCUT2D eigenvalue weighted by atomic mass is 10.0. The van der Waals surface area contributed by atoms with Gasteiger partial charge in [0, 0.05) is 114 Å². The van der Waals surface area contributed by atoms with Gasteiger partial charge in [0.1, 0.15) is 57.5 Å². The van der Waals surface area contributed by atoms with Gasteiger partial charge in [0.25, 0.3) is 5.91 Å². The highest BCUT2D eigenvalue weighted by atomic mass is 79.9. The van der Waals surface area contributed by atoms with Gasteiger partial charge in [0.15, 0.2) is 32.0 Å². The minimum atomic E-state index is -0.252. The van der Waals surface area contributed by atoms with Gasteiger partial charge in [-0.25, -0.2) is 16.7 Å². The number of rotatable bonds is 18. The van der Waals surface area contributed by atoms with Crippen LogP contribution in [-0.4, -0.2) is 132 Å². The Hall–Kier alpha value is -10.1. The van der Waals surface area contributed by atoms with E-state index in [1.54, 1.807) is 123 Å². The number of nitrogens with zero attached hydrogens (tertiary/aromatic N) is 3. The molecule has 20 N–H and O–H groups in total. The number of carbonyl (C=O) groups excluding carboxylic acids is 3. The van der Waals surface area contributed by atoms with Gasteiger partial charge in [-0.3, -0.25) is 30.1 Å². The molecule has 10 aromatic rings. The molecule has 0 aliphatic carbocycles. The molecule has 0 bridgehead atoms. The van der Waals surface area contributed by atoms with E-state index in [0.29, 0.717) is 62.2 Å². The van der Waals surface area contributed by atoms with Gasteiger partial charge in [-0.1, -0.05) is 150 Å². The number of aromatic hydroxyl groups is 4. The number of phenols is 4. The van der Waals surface area contributed by atoms with Crippen LogP contribution in [0.15, 0.2) is 249 Å². The highest BCUT2D eigenvalue weighted by Gasteiger charge is 2.17. The minimum Gasteiger partial charge on any atom is -0.508 e. The average molecular weight is 2020 g/mol. The molecule has 10 aromatic carbocycles. The second kappa shape index (κ2) is 52.3. The third-order valence-corrected chi connectivity index (χ3v) is 17.1. The summed E-state index contributed by atoms with van der Waals surface area (Å²) in [6.45, 7) is 0. The first-order valence-corrected chi connectivity index (χ1v) is 38.4. The highest BCUT2D eigenvalue weighted by Crippen LogP contribution is 2.30. The summed E-state index contributed by atoms with van der Waals surface area (Å²) in [7, 11) is 12.6. The van der Waals surface area contributed by atoms with Crippen molar-refractivity contribution in [1.82, 2.24) is 26.8 Å². The van der Waals surface area contributed by atoms with E-state index < -0.39 is 0 Å². The van der Waals surface area contributed by atoms with Gasteiger partial charge in [-0.05, 0) is 176 Å². The predicted octanol–water partition coefficient (Wildman–Crippen LogP) is 14.2. The van der Waals surface area contributed by atoms with Crippen molar-refractivity contribution in [3.05, 3.63) is 289 Å². The summed E-state index contributed by atoms with van der Waals surface area (Å²) in [5.74, 6) is 12.5. The summed E-state index contributed by atoms with van der Waals surface area (Å²) in [6.07, 6.45) is 0. The summed E-state index contributed by atoms with van der Waals surface area (Å²) < 4.78 is 36.3. The standard InChI is InChI=1S/C16H16BrN3O2S.C15H13BrO3.C14H12BrN3O2S.C13H9BrO3.C9H10BrNO2.C8H9BrO2.2CH5N3S/c1-21-13-7-11(8-14(9-13)22-2)15(19-20-16(18)23)10-4-3-5-12(17)6-10;1-18-13-7-11(8-14(9-13)19-2)15(17)10-4-3-5-12(16)6-10;15-10-3-1-2-8(4-10)13(17-18-14(16)21)9-5-11(19)7-12(20)6-9;14-10-3-1-2-8(4-10)13(17)9-5-11(15)7-12(16)6-9;1-11(13-2)9(12)7-4-3-5-8(10)6-7;1-10-7-3-6(9)4-8(5-7)11-2;2*2-1(5)4-3/h3-9H,1-2H3,(H3,18,20,23);3-9H,1-2H3;1-7,19-20H,(H3,16,18,21);1-7,15-16H;3-6H,1-2H3;3-5H,1-2H3;2*3H2,(H3,2,4,5). The molecule has 0 aliphatic rings. The van der Waals surface area contributed by atoms with E-state index in [1.807, 2.05) is 114 Å². The van der Waals surface area contributed by atoms with Crippen LogP contribution in [0.3, 0.4) is 0 Å². The molecular weight excluding hydrogens is 1940 g/mol. The Morgan fingerprint density at radius 2 is 0.579 bits per heavy atom. The van der Waals surface area contributed by atoms with Crippen LogP contribution < -0.4 is 84.7 Å². The van der Waals surface area contributed by atoms with E-state index in [2.05, 4.69) is 153 Å². The van der Waals surface area contributed by atoms with Crippen molar-refractivity contribution >= 4 is 194 Å². The number of methoxy groups -OCH3 is 6. The van der Waals surface area contributed by atoms with Crippen LogP contribution in [0.4, 0.5) is 0 Å².